The molecule has 33 heavy (non-hydrogen) atoms. The van der Waals surface area contributed by atoms with Crippen molar-refractivity contribution < 1.29 is 19.1 Å². The van der Waals surface area contributed by atoms with E-state index in [0.717, 1.165) is 30.6 Å². The van der Waals surface area contributed by atoms with Crippen molar-refractivity contribution in [3.63, 3.8) is 0 Å². The van der Waals surface area contributed by atoms with Crippen LogP contribution in [0.15, 0.2) is 48.5 Å². The third-order valence-electron chi connectivity index (χ3n) is 5.77. The van der Waals surface area contributed by atoms with Crippen LogP contribution in [0.2, 0.25) is 0 Å². The first kappa shape index (κ1) is 26.6. The van der Waals surface area contributed by atoms with Gasteiger partial charge in [0.05, 0.1) is 18.3 Å². The van der Waals surface area contributed by atoms with Gasteiger partial charge in [-0.2, -0.15) is 0 Å². The van der Waals surface area contributed by atoms with E-state index in [2.05, 4.69) is 13.8 Å². The first-order valence-electron chi connectivity index (χ1n) is 12.6. The van der Waals surface area contributed by atoms with Crippen LogP contribution < -0.4 is 4.74 Å². The van der Waals surface area contributed by atoms with E-state index < -0.39 is 0 Å². The van der Waals surface area contributed by atoms with Crippen LogP contribution in [0.25, 0.3) is 0 Å². The van der Waals surface area contributed by atoms with Crippen LogP contribution in [0.4, 0.5) is 0 Å². The molecule has 0 aliphatic rings. The molecular formula is C29H40O4. The number of unbranched alkanes of at least 4 members (excludes halogenated alkanes) is 6. The molecule has 0 spiro atoms. The van der Waals surface area contributed by atoms with Gasteiger partial charge >= 0.3 is 5.97 Å². The molecule has 0 saturated heterocycles. The van der Waals surface area contributed by atoms with Crippen molar-refractivity contribution >= 4 is 11.8 Å². The van der Waals surface area contributed by atoms with Crippen molar-refractivity contribution in [2.45, 2.75) is 91.1 Å². The van der Waals surface area contributed by atoms with Gasteiger partial charge in [0.1, 0.15) is 5.75 Å². The minimum Gasteiger partial charge on any atom is -0.494 e. The molecule has 1 atom stereocenters. The Hall–Kier alpha value is -2.62. The molecule has 0 radical (unpaired) electrons. The van der Waals surface area contributed by atoms with E-state index in [4.69, 9.17) is 9.47 Å². The molecular weight excluding hydrogens is 412 g/mol. The van der Waals surface area contributed by atoms with Gasteiger partial charge < -0.3 is 9.47 Å². The molecule has 0 unspecified atom stereocenters. The Morgan fingerprint density at radius 3 is 2.00 bits per heavy atom. The average Bonchev–Trinajstić information content (AvgIpc) is 2.82. The molecule has 0 aliphatic heterocycles. The Morgan fingerprint density at radius 1 is 0.758 bits per heavy atom. The molecule has 0 saturated carbocycles. The van der Waals surface area contributed by atoms with E-state index in [-0.39, 0.29) is 17.9 Å². The van der Waals surface area contributed by atoms with Gasteiger partial charge in [0, 0.05) is 12.0 Å². The lowest BCUT2D eigenvalue weighted by Crippen LogP contribution is -2.15. The van der Waals surface area contributed by atoms with Gasteiger partial charge in [0.15, 0.2) is 5.78 Å². The minimum atomic E-state index is -0.304. The summed E-state index contributed by atoms with van der Waals surface area (Å²) in [5.41, 5.74) is 2.06. The van der Waals surface area contributed by atoms with Crippen LogP contribution in [0.3, 0.4) is 0 Å². The van der Waals surface area contributed by atoms with Crippen LogP contribution >= 0.6 is 0 Å². The fourth-order valence-electron chi connectivity index (χ4n) is 3.67. The number of esters is 1. The van der Waals surface area contributed by atoms with Crippen molar-refractivity contribution in [3.05, 3.63) is 65.2 Å². The number of ketones is 1. The molecule has 4 heteroatoms. The molecule has 2 aromatic carbocycles. The topological polar surface area (TPSA) is 52.6 Å². The SMILES string of the molecule is CCCCCCOc1ccc(C(=O)Cc2ccc(C(=O)O[C@H](C)CCCCCC)cc2)cc1. The highest BCUT2D eigenvalue weighted by atomic mass is 16.5. The van der Waals surface area contributed by atoms with Crippen LogP contribution in [0.5, 0.6) is 5.75 Å². The van der Waals surface area contributed by atoms with Crippen LogP contribution in [0.1, 0.15) is 105 Å². The van der Waals surface area contributed by atoms with Crippen molar-refractivity contribution in [2.24, 2.45) is 0 Å². The maximum Gasteiger partial charge on any atom is 0.338 e. The highest BCUT2D eigenvalue weighted by Gasteiger charge is 2.13. The molecule has 0 N–H and O–H groups in total. The number of ether oxygens (including phenoxy) is 2. The molecule has 2 rings (SSSR count). The molecule has 4 nitrogen and oxygen atoms in total. The summed E-state index contributed by atoms with van der Waals surface area (Å²) >= 11 is 0. The fraction of sp³-hybridized carbons (Fsp3) is 0.517. The lowest BCUT2D eigenvalue weighted by Gasteiger charge is -2.13. The number of benzene rings is 2. The summed E-state index contributed by atoms with van der Waals surface area (Å²) in [6.45, 7) is 7.03. The number of rotatable bonds is 16. The molecule has 0 amide bonds. The Bertz CT molecular complexity index is 824. The third-order valence-corrected chi connectivity index (χ3v) is 5.77. The first-order chi connectivity index (χ1) is 16.0. The van der Waals surface area contributed by atoms with Gasteiger partial charge in [-0.05, 0) is 68.1 Å². The molecule has 0 fully saturated rings. The fourth-order valence-corrected chi connectivity index (χ4v) is 3.67. The van der Waals surface area contributed by atoms with E-state index in [1.807, 2.05) is 43.3 Å². The highest BCUT2D eigenvalue weighted by Crippen LogP contribution is 2.16. The number of carbonyl (C=O) groups excluding carboxylic acids is 2. The van der Waals surface area contributed by atoms with E-state index >= 15 is 0 Å². The average molecular weight is 453 g/mol. The summed E-state index contributed by atoms with van der Waals surface area (Å²) < 4.78 is 11.3. The Balaban J connectivity index is 1.79. The molecule has 2 aromatic rings. The van der Waals surface area contributed by atoms with E-state index in [9.17, 15) is 9.59 Å². The monoisotopic (exact) mass is 452 g/mol. The predicted molar refractivity (Wildman–Crippen MR) is 134 cm³/mol. The molecule has 0 aliphatic carbocycles. The van der Waals surface area contributed by atoms with Crippen molar-refractivity contribution in [1.29, 1.82) is 0 Å². The van der Waals surface area contributed by atoms with Gasteiger partial charge in [0.25, 0.3) is 0 Å². The zero-order valence-corrected chi connectivity index (χ0v) is 20.6. The summed E-state index contributed by atoms with van der Waals surface area (Å²) in [7, 11) is 0. The van der Waals surface area contributed by atoms with Crippen molar-refractivity contribution in [1.82, 2.24) is 0 Å². The molecule has 0 heterocycles. The largest absolute Gasteiger partial charge is 0.494 e. The zero-order chi connectivity index (χ0) is 23.9. The van der Waals surface area contributed by atoms with E-state index in [0.29, 0.717) is 24.2 Å². The maximum atomic E-state index is 12.6. The number of Topliss-reactive ketones (excluding diaryl/α,β-unsaturated/α-hetero) is 1. The number of carbonyl (C=O) groups is 2. The standard InChI is InChI=1S/C29H40O4/c1-4-6-8-10-12-23(3)33-29(31)26-15-13-24(14-16-26)22-28(30)25-17-19-27(20-18-25)32-21-11-9-7-5-2/h13-20,23H,4-12,21-22H2,1-3H3/t23-/m1/s1. The summed E-state index contributed by atoms with van der Waals surface area (Å²) in [4.78, 5) is 25.0. The minimum absolute atomic E-state index is 0.0422. The summed E-state index contributed by atoms with van der Waals surface area (Å²) in [5.74, 6) is 0.534. The van der Waals surface area contributed by atoms with Gasteiger partial charge in [-0.15, -0.1) is 0 Å². The zero-order valence-electron chi connectivity index (χ0n) is 20.6. The van der Waals surface area contributed by atoms with Gasteiger partial charge in [-0.1, -0.05) is 64.5 Å². The van der Waals surface area contributed by atoms with E-state index in [1.165, 1.54) is 38.5 Å². The van der Waals surface area contributed by atoms with E-state index in [1.54, 1.807) is 12.1 Å². The second-order valence-electron chi connectivity index (χ2n) is 8.80. The van der Waals surface area contributed by atoms with Gasteiger partial charge in [-0.3, -0.25) is 4.79 Å². The van der Waals surface area contributed by atoms with Gasteiger partial charge in [0.2, 0.25) is 0 Å². The highest BCUT2D eigenvalue weighted by molar-refractivity contribution is 5.97. The third kappa shape index (κ3) is 10.2. The second-order valence-corrected chi connectivity index (χ2v) is 8.80. The number of hydrogen-bond acceptors (Lipinski definition) is 4. The second kappa shape index (κ2) is 15.3. The molecule has 0 aromatic heterocycles. The van der Waals surface area contributed by atoms with Crippen LogP contribution in [0, 0.1) is 0 Å². The summed E-state index contributed by atoms with van der Waals surface area (Å²) in [6.07, 6.45) is 10.4. The smallest absolute Gasteiger partial charge is 0.338 e. The Morgan fingerprint density at radius 2 is 1.36 bits per heavy atom. The maximum absolute atomic E-state index is 12.6. The molecule has 180 valence electrons. The normalized spacial score (nSPS) is 11.7. The van der Waals surface area contributed by atoms with Crippen molar-refractivity contribution in [2.75, 3.05) is 6.61 Å². The van der Waals surface area contributed by atoms with Crippen LogP contribution in [-0.2, 0) is 11.2 Å². The summed E-state index contributed by atoms with van der Waals surface area (Å²) in [5, 5.41) is 0. The summed E-state index contributed by atoms with van der Waals surface area (Å²) in [6, 6.07) is 14.5. The number of hydrogen-bond donors (Lipinski definition) is 0. The van der Waals surface area contributed by atoms with Gasteiger partial charge in [-0.25, -0.2) is 4.79 Å². The molecule has 0 bridgehead atoms. The first-order valence-corrected chi connectivity index (χ1v) is 12.6. The lowest BCUT2D eigenvalue weighted by atomic mass is 10.0. The Labute approximate surface area is 199 Å². The van der Waals surface area contributed by atoms with Crippen LogP contribution in [-0.4, -0.2) is 24.5 Å². The Kier molecular flexibility index (Phi) is 12.3. The van der Waals surface area contributed by atoms with Crippen molar-refractivity contribution in [3.8, 4) is 5.75 Å². The quantitative estimate of drug-likeness (QED) is 0.150. The predicted octanol–water partition coefficient (Wildman–Crippen LogP) is 7.59. The lowest BCUT2D eigenvalue weighted by molar-refractivity contribution is 0.0319.